The molecule has 0 aliphatic heterocycles. The molecule has 0 fully saturated rings. The Bertz CT molecular complexity index is 600. The number of anilines is 1. The molecule has 0 amide bonds. The van der Waals surface area contributed by atoms with E-state index >= 15 is 0 Å². The van der Waals surface area contributed by atoms with Crippen LogP contribution in [0.5, 0.6) is 0 Å². The minimum Gasteiger partial charge on any atom is -0.368 e. The zero-order valence-electron chi connectivity index (χ0n) is 10.9. The van der Waals surface area contributed by atoms with Crippen LogP contribution in [0.1, 0.15) is 18.7 Å². The summed E-state index contributed by atoms with van der Waals surface area (Å²) in [7, 11) is -0.772. The van der Waals surface area contributed by atoms with Crippen molar-refractivity contribution in [2.75, 3.05) is 23.4 Å². The second kappa shape index (κ2) is 6.63. The Morgan fingerprint density at radius 3 is 2.89 bits per heavy atom. The molecular formula is C12H16ClN3OS2. The lowest BCUT2D eigenvalue weighted by Gasteiger charge is -2.06. The van der Waals surface area contributed by atoms with E-state index in [-0.39, 0.29) is 5.28 Å². The normalized spacial score (nSPS) is 12.8. The van der Waals surface area contributed by atoms with Crippen molar-refractivity contribution in [3.8, 4) is 0 Å². The van der Waals surface area contributed by atoms with Crippen LogP contribution in [0.15, 0.2) is 6.07 Å². The third-order valence-corrected chi connectivity index (χ3v) is 5.35. The molecule has 0 aliphatic carbocycles. The van der Waals surface area contributed by atoms with Gasteiger partial charge in [0.05, 0.1) is 5.39 Å². The van der Waals surface area contributed by atoms with Crippen LogP contribution >= 0.6 is 22.9 Å². The fraction of sp³-hybridized carbons (Fsp3) is 0.500. The minimum absolute atomic E-state index is 0.246. The first-order chi connectivity index (χ1) is 9.13. The molecule has 19 heavy (non-hydrogen) atoms. The molecule has 2 rings (SSSR count). The molecule has 1 N–H and O–H groups in total. The van der Waals surface area contributed by atoms with E-state index in [2.05, 4.69) is 28.3 Å². The molecule has 0 spiro atoms. The lowest BCUT2D eigenvalue weighted by Crippen LogP contribution is -2.13. The Balaban J connectivity index is 2.21. The van der Waals surface area contributed by atoms with E-state index in [4.69, 9.17) is 11.6 Å². The highest BCUT2D eigenvalue weighted by Gasteiger charge is 2.10. The van der Waals surface area contributed by atoms with Crippen LogP contribution < -0.4 is 5.32 Å². The maximum Gasteiger partial charge on any atom is 0.225 e. The number of hydrogen-bond acceptors (Lipinski definition) is 5. The number of hydrogen-bond donors (Lipinski definition) is 1. The molecule has 2 aromatic heterocycles. The fourth-order valence-electron chi connectivity index (χ4n) is 1.68. The van der Waals surface area contributed by atoms with E-state index < -0.39 is 10.8 Å². The molecule has 1 unspecified atom stereocenters. The van der Waals surface area contributed by atoms with Gasteiger partial charge in [-0.3, -0.25) is 4.21 Å². The molecule has 2 aromatic rings. The van der Waals surface area contributed by atoms with Gasteiger partial charge in [0.25, 0.3) is 0 Å². The SMILES string of the molecule is CCc1cc2c(NCCS(=O)CC)nc(Cl)nc2s1. The zero-order valence-corrected chi connectivity index (χ0v) is 13.3. The maximum atomic E-state index is 11.4. The highest BCUT2D eigenvalue weighted by molar-refractivity contribution is 7.84. The van der Waals surface area contributed by atoms with Gasteiger partial charge in [-0.05, 0) is 24.1 Å². The molecule has 104 valence electrons. The summed E-state index contributed by atoms with van der Waals surface area (Å²) in [6.45, 7) is 4.65. The molecule has 7 heteroatoms. The summed E-state index contributed by atoms with van der Waals surface area (Å²) in [4.78, 5) is 10.6. The number of rotatable bonds is 6. The summed E-state index contributed by atoms with van der Waals surface area (Å²) in [5.41, 5.74) is 0. The van der Waals surface area contributed by atoms with E-state index in [1.807, 2.05) is 6.92 Å². The minimum atomic E-state index is -0.772. The Hall–Kier alpha value is -0.720. The number of nitrogens with zero attached hydrogens (tertiary/aromatic N) is 2. The molecular weight excluding hydrogens is 302 g/mol. The second-order valence-electron chi connectivity index (χ2n) is 3.99. The summed E-state index contributed by atoms with van der Waals surface area (Å²) < 4.78 is 11.4. The lowest BCUT2D eigenvalue weighted by atomic mass is 10.3. The van der Waals surface area contributed by atoms with Crippen LogP contribution in [0.25, 0.3) is 10.2 Å². The highest BCUT2D eigenvalue weighted by Crippen LogP contribution is 2.30. The van der Waals surface area contributed by atoms with Gasteiger partial charge in [-0.2, -0.15) is 0 Å². The Kier molecular flexibility index (Phi) is 5.13. The smallest absolute Gasteiger partial charge is 0.225 e. The van der Waals surface area contributed by atoms with E-state index in [9.17, 15) is 4.21 Å². The van der Waals surface area contributed by atoms with Crippen LogP contribution in [-0.4, -0.2) is 32.2 Å². The van der Waals surface area contributed by atoms with Gasteiger partial charge in [0, 0.05) is 33.7 Å². The van der Waals surface area contributed by atoms with Gasteiger partial charge < -0.3 is 5.32 Å². The average Bonchev–Trinajstić information content (AvgIpc) is 2.81. The van der Waals surface area contributed by atoms with E-state index in [1.165, 1.54) is 4.88 Å². The summed E-state index contributed by atoms with van der Waals surface area (Å²) in [6.07, 6.45) is 0.970. The number of nitrogens with one attached hydrogen (secondary N) is 1. The van der Waals surface area contributed by atoms with E-state index in [0.717, 1.165) is 22.5 Å². The van der Waals surface area contributed by atoms with E-state index in [1.54, 1.807) is 11.3 Å². The van der Waals surface area contributed by atoms with Crippen LogP contribution in [0.2, 0.25) is 5.28 Å². The molecule has 0 saturated carbocycles. The lowest BCUT2D eigenvalue weighted by molar-refractivity contribution is 0.684. The van der Waals surface area contributed by atoms with Gasteiger partial charge >= 0.3 is 0 Å². The monoisotopic (exact) mass is 317 g/mol. The molecule has 4 nitrogen and oxygen atoms in total. The number of halogens is 1. The van der Waals surface area contributed by atoms with Gasteiger partial charge in [-0.15, -0.1) is 11.3 Å². The van der Waals surface area contributed by atoms with Gasteiger partial charge in [-0.1, -0.05) is 13.8 Å². The molecule has 0 radical (unpaired) electrons. The predicted molar refractivity (Wildman–Crippen MR) is 83.8 cm³/mol. The molecule has 0 aliphatic rings. The summed E-state index contributed by atoms with van der Waals surface area (Å²) in [5.74, 6) is 2.03. The van der Waals surface area contributed by atoms with E-state index in [0.29, 0.717) is 18.1 Å². The van der Waals surface area contributed by atoms with Gasteiger partial charge in [0.1, 0.15) is 10.6 Å². The van der Waals surface area contributed by atoms with Crippen molar-refractivity contribution in [3.63, 3.8) is 0 Å². The van der Waals surface area contributed by atoms with Gasteiger partial charge in [-0.25, -0.2) is 9.97 Å². The van der Waals surface area contributed by atoms with Crippen LogP contribution in [-0.2, 0) is 17.2 Å². The van der Waals surface area contributed by atoms with Crippen molar-refractivity contribution in [1.82, 2.24) is 9.97 Å². The number of aryl methyl sites for hydroxylation is 1. The van der Waals surface area contributed by atoms with Crippen molar-refractivity contribution >= 4 is 49.8 Å². The topological polar surface area (TPSA) is 54.9 Å². The van der Waals surface area contributed by atoms with Gasteiger partial charge in [0.15, 0.2) is 0 Å². The molecule has 0 bridgehead atoms. The highest BCUT2D eigenvalue weighted by atomic mass is 35.5. The van der Waals surface area contributed by atoms with Crippen LogP contribution in [0, 0.1) is 0 Å². The number of aromatic nitrogens is 2. The van der Waals surface area contributed by atoms with Crippen molar-refractivity contribution < 1.29 is 4.21 Å². The first kappa shape index (κ1) is 14.7. The average molecular weight is 318 g/mol. The Morgan fingerprint density at radius 2 is 2.21 bits per heavy atom. The second-order valence-corrected chi connectivity index (χ2v) is 7.30. The predicted octanol–water partition coefficient (Wildman–Crippen LogP) is 3.09. The fourth-order valence-corrected chi connectivity index (χ4v) is 3.49. The quantitative estimate of drug-likeness (QED) is 0.832. The molecule has 0 aromatic carbocycles. The van der Waals surface area contributed by atoms with Gasteiger partial charge in [0.2, 0.25) is 5.28 Å². The first-order valence-electron chi connectivity index (χ1n) is 6.18. The van der Waals surface area contributed by atoms with Crippen LogP contribution in [0.3, 0.4) is 0 Å². The largest absolute Gasteiger partial charge is 0.368 e. The summed E-state index contributed by atoms with van der Waals surface area (Å²) in [5, 5.41) is 4.45. The third-order valence-electron chi connectivity index (χ3n) is 2.71. The van der Waals surface area contributed by atoms with Crippen molar-refractivity contribution in [2.45, 2.75) is 20.3 Å². The summed E-state index contributed by atoms with van der Waals surface area (Å²) in [6, 6.07) is 2.09. The number of fused-ring (bicyclic) bond motifs is 1. The number of thiophene rings is 1. The Morgan fingerprint density at radius 1 is 1.42 bits per heavy atom. The first-order valence-corrected chi connectivity index (χ1v) is 8.87. The van der Waals surface area contributed by atoms with Crippen LogP contribution in [0.4, 0.5) is 5.82 Å². The molecule has 1 atom stereocenters. The molecule has 2 heterocycles. The summed E-state index contributed by atoms with van der Waals surface area (Å²) >= 11 is 7.56. The Labute approximate surface area is 124 Å². The third kappa shape index (κ3) is 3.64. The maximum absolute atomic E-state index is 11.4. The van der Waals surface area contributed by atoms with Crippen molar-refractivity contribution in [2.24, 2.45) is 0 Å². The zero-order chi connectivity index (χ0) is 13.8. The molecule has 0 saturated heterocycles. The van der Waals surface area contributed by atoms with Crippen molar-refractivity contribution in [1.29, 1.82) is 0 Å². The van der Waals surface area contributed by atoms with Crippen molar-refractivity contribution in [3.05, 3.63) is 16.2 Å². The standard InChI is InChI=1S/C12H16ClN3OS2/c1-3-8-7-9-10(14-5-6-19(17)4-2)15-12(13)16-11(9)18-8/h7H,3-6H2,1-2H3,(H,14,15,16).